The van der Waals surface area contributed by atoms with Gasteiger partial charge < -0.3 is 14.3 Å². The highest BCUT2D eigenvalue weighted by molar-refractivity contribution is 6.04. The van der Waals surface area contributed by atoms with Crippen LogP contribution in [0.5, 0.6) is 0 Å². The van der Waals surface area contributed by atoms with Gasteiger partial charge in [-0.3, -0.25) is 9.78 Å². The van der Waals surface area contributed by atoms with Crippen LogP contribution in [0.2, 0.25) is 0 Å². The van der Waals surface area contributed by atoms with E-state index in [0.29, 0.717) is 5.56 Å². The molecule has 0 aliphatic rings. The van der Waals surface area contributed by atoms with Gasteiger partial charge in [-0.25, -0.2) is 0 Å². The van der Waals surface area contributed by atoms with Gasteiger partial charge >= 0.3 is 0 Å². The van der Waals surface area contributed by atoms with Gasteiger partial charge in [0.15, 0.2) is 0 Å². The van der Waals surface area contributed by atoms with Crippen LogP contribution in [-0.2, 0) is 0 Å². The average molecular weight is 393 g/mol. The molecule has 0 unspecified atom stereocenters. The molecule has 5 aromatic rings. The number of carbonyl (C=O) groups excluding carboxylic acids is 1. The molecule has 0 saturated heterocycles. The smallest absolute Gasteiger partial charge is 0.257 e. The number of carbonyl (C=O) groups is 1. The highest BCUT2D eigenvalue weighted by Gasteiger charge is 2.13. The standard InChI is InChI=1S/C25H19N3O2/c1-17-14-23-22(19-11-13-30-16-19)5-2-6-24(23)28(17)21-9-7-20(8-10-21)27-25(29)18-4-3-12-26-15-18/h2-16H,1H3,(H,27,29). The van der Waals surface area contributed by atoms with Gasteiger partial charge in [0.25, 0.3) is 5.91 Å². The highest BCUT2D eigenvalue weighted by Crippen LogP contribution is 2.33. The van der Waals surface area contributed by atoms with Gasteiger partial charge in [0.1, 0.15) is 0 Å². The van der Waals surface area contributed by atoms with Crippen molar-refractivity contribution in [1.82, 2.24) is 9.55 Å². The topological polar surface area (TPSA) is 60.1 Å². The number of fused-ring (bicyclic) bond motifs is 1. The lowest BCUT2D eigenvalue weighted by Gasteiger charge is -2.11. The molecule has 0 atom stereocenters. The molecule has 30 heavy (non-hydrogen) atoms. The third-order valence-electron chi connectivity index (χ3n) is 5.17. The highest BCUT2D eigenvalue weighted by atomic mass is 16.3. The minimum absolute atomic E-state index is 0.178. The third-order valence-corrected chi connectivity index (χ3v) is 5.17. The Balaban J connectivity index is 1.48. The summed E-state index contributed by atoms with van der Waals surface area (Å²) in [4.78, 5) is 16.3. The molecule has 3 heterocycles. The van der Waals surface area contributed by atoms with E-state index in [2.05, 4.69) is 46.1 Å². The summed E-state index contributed by atoms with van der Waals surface area (Å²) in [5.74, 6) is -0.178. The van der Waals surface area contributed by atoms with Crippen LogP contribution >= 0.6 is 0 Å². The molecule has 5 nitrogen and oxygen atoms in total. The van der Waals surface area contributed by atoms with Crippen LogP contribution in [0.1, 0.15) is 16.1 Å². The Hall–Kier alpha value is -4.12. The second kappa shape index (κ2) is 7.37. The fourth-order valence-corrected chi connectivity index (χ4v) is 3.77. The molecule has 3 aromatic heterocycles. The third kappa shape index (κ3) is 3.16. The summed E-state index contributed by atoms with van der Waals surface area (Å²) in [7, 11) is 0. The predicted octanol–water partition coefficient (Wildman–Crippen LogP) is 5.85. The number of hydrogen-bond acceptors (Lipinski definition) is 3. The van der Waals surface area contributed by atoms with Gasteiger partial charge in [-0.15, -0.1) is 0 Å². The molecule has 0 fully saturated rings. The molecular formula is C25H19N3O2. The van der Waals surface area contributed by atoms with Crippen LogP contribution in [0.3, 0.4) is 0 Å². The maximum absolute atomic E-state index is 12.3. The van der Waals surface area contributed by atoms with Crippen molar-refractivity contribution in [2.75, 3.05) is 5.32 Å². The SMILES string of the molecule is Cc1cc2c(-c3ccoc3)cccc2n1-c1ccc(NC(=O)c2cccnc2)cc1. The zero-order chi connectivity index (χ0) is 20.5. The van der Waals surface area contributed by atoms with Crippen molar-refractivity contribution in [3.05, 3.63) is 103 Å². The summed E-state index contributed by atoms with van der Waals surface area (Å²) in [6.45, 7) is 2.09. The van der Waals surface area contributed by atoms with Crippen molar-refractivity contribution >= 4 is 22.5 Å². The number of pyridine rings is 1. The van der Waals surface area contributed by atoms with E-state index in [1.807, 2.05) is 30.3 Å². The molecule has 0 spiro atoms. The lowest BCUT2D eigenvalue weighted by atomic mass is 10.0. The van der Waals surface area contributed by atoms with E-state index in [9.17, 15) is 4.79 Å². The number of amides is 1. The molecule has 2 aromatic carbocycles. The molecule has 146 valence electrons. The maximum Gasteiger partial charge on any atom is 0.257 e. The summed E-state index contributed by atoms with van der Waals surface area (Å²) in [5.41, 5.74) is 6.76. The fourth-order valence-electron chi connectivity index (χ4n) is 3.77. The molecular weight excluding hydrogens is 374 g/mol. The Labute approximate surface area is 173 Å². The van der Waals surface area contributed by atoms with E-state index in [1.54, 1.807) is 37.1 Å². The summed E-state index contributed by atoms with van der Waals surface area (Å²) >= 11 is 0. The fraction of sp³-hybridized carbons (Fsp3) is 0.0400. The Morgan fingerprint density at radius 3 is 2.63 bits per heavy atom. The van der Waals surface area contributed by atoms with Gasteiger partial charge in [0.2, 0.25) is 0 Å². The van der Waals surface area contributed by atoms with E-state index in [1.165, 1.54) is 5.39 Å². The first-order chi connectivity index (χ1) is 14.7. The zero-order valence-electron chi connectivity index (χ0n) is 16.4. The normalized spacial score (nSPS) is 11.0. The van der Waals surface area contributed by atoms with Crippen LogP contribution in [0.4, 0.5) is 5.69 Å². The first kappa shape index (κ1) is 17.9. The van der Waals surface area contributed by atoms with Crippen LogP contribution < -0.4 is 5.32 Å². The summed E-state index contributed by atoms with van der Waals surface area (Å²) in [5, 5.41) is 4.08. The van der Waals surface area contributed by atoms with Gasteiger partial charge in [0, 0.05) is 40.4 Å². The van der Waals surface area contributed by atoms with Gasteiger partial charge in [-0.1, -0.05) is 12.1 Å². The average Bonchev–Trinajstić information content (AvgIpc) is 3.42. The first-order valence-corrected chi connectivity index (χ1v) is 9.66. The number of aryl methyl sites for hydroxylation is 1. The summed E-state index contributed by atoms with van der Waals surface area (Å²) in [6.07, 6.45) is 6.65. The van der Waals surface area contributed by atoms with Crippen molar-refractivity contribution < 1.29 is 9.21 Å². The molecule has 0 bridgehead atoms. The largest absolute Gasteiger partial charge is 0.472 e. The maximum atomic E-state index is 12.3. The van der Waals surface area contributed by atoms with E-state index in [-0.39, 0.29) is 5.91 Å². The van der Waals surface area contributed by atoms with Crippen LogP contribution in [-0.4, -0.2) is 15.5 Å². The minimum Gasteiger partial charge on any atom is -0.472 e. The Morgan fingerprint density at radius 1 is 1.03 bits per heavy atom. The second-order valence-electron chi connectivity index (χ2n) is 7.11. The molecule has 0 radical (unpaired) electrons. The number of nitrogens with zero attached hydrogens (tertiary/aromatic N) is 2. The van der Waals surface area contributed by atoms with E-state index in [4.69, 9.17) is 4.42 Å². The number of anilines is 1. The molecule has 0 saturated carbocycles. The zero-order valence-corrected chi connectivity index (χ0v) is 16.4. The van der Waals surface area contributed by atoms with Gasteiger partial charge in [-0.2, -0.15) is 0 Å². The number of aromatic nitrogens is 2. The number of rotatable bonds is 4. The molecule has 0 aliphatic carbocycles. The van der Waals surface area contributed by atoms with E-state index < -0.39 is 0 Å². The van der Waals surface area contributed by atoms with Crippen molar-refractivity contribution in [3.63, 3.8) is 0 Å². The Kier molecular flexibility index (Phi) is 4.41. The van der Waals surface area contributed by atoms with Crippen LogP contribution in [0.25, 0.3) is 27.7 Å². The number of furan rings is 1. The molecule has 1 amide bonds. The predicted molar refractivity (Wildman–Crippen MR) is 118 cm³/mol. The minimum atomic E-state index is -0.178. The van der Waals surface area contributed by atoms with Gasteiger partial charge in [0.05, 0.1) is 23.6 Å². The van der Waals surface area contributed by atoms with Crippen molar-refractivity contribution in [3.8, 4) is 16.8 Å². The van der Waals surface area contributed by atoms with Crippen LogP contribution in [0, 0.1) is 6.92 Å². The van der Waals surface area contributed by atoms with Crippen LogP contribution in [0.15, 0.2) is 96.1 Å². The Morgan fingerprint density at radius 2 is 1.90 bits per heavy atom. The number of nitrogens with one attached hydrogen (secondary N) is 1. The monoisotopic (exact) mass is 393 g/mol. The van der Waals surface area contributed by atoms with E-state index in [0.717, 1.165) is 33.7 Å². The number of benzene rings is 2. The lowest BCUT2D eigenvalue weighted by molar-refractivity contribution is 0.102. The quantitative estimate of drug-likeness (QED) is 0.417. The summed E-state index contributed by atoms with van der Waals surface area (Å²) < 4.78 is 7.49. The second-order valence-corrected chi connectivity index (χ2v) is 7.11. The van der Waals surface area contributed by atoms with E-state index >= 15 is 0 Å². The summed E-state index contributed by atoms with van der Waals surface area (Å²) in [6, 6.07) is 21.8. The lowest BCUT2D eigenvalue weighted by Crippen LogP contribution is -2.12. The first-order valence-electron chi connectivity index (χ1n) is 9.66. The molecule has 5 heteroatoms. The van der Waals surface area contributed by atoms with Gasteiger partial charge in [-0.05, 0) is 67.1 Å². The molecule has 1 N–H and O–H groups in total. The molecule has 0 aliphatic heterocycles. The molecule has 5 rings (SSSR count). The Bertz CT molecular complexity index is 1320. The number of hydrogen-bond donors (Lipinski definition) is 1. The van der Waals surface area contributed by atoms with Crippen molar-refractivity contribution in [1.29, 1.82) is 0 Å². The van der Waals surface area contributed by atoms with Crippen molar-refractivity contribution in [2.45, 2.75) is 6.92 Å². The van der Waals surface area contributed by atoms with Crippen molar-refractivity contribution in [2.24, 2.45) is 0 Å².